The minimum Gasteiger partial charge on any atom is -0.340 e. The number of likely N-dealkylation sites (tertiary alicyclic amines) is 1. The molecule has 4 nitrogen and oxygen atoms in total. The third-order valence-corrected chi connectivity index (χ3v) is 5.23. The normalized spacial score (nSPS) is 31.1. The quantitative estimate of drug-likeness (QED) is 0.844. The van der Waals surface area contributed by atoms with Crippen molar-refractivity contribution >= 4 is 5.95 Å². The Balaban J connectivity index is 1.43. The van der Waals surface area contributed by atoms with Gasteiger partial charge in [0.05, 0.1) is 0 Å². The molecule has 1 aromatic heterocycles. The average molecular weight is 272 g/mol. The van der Waals surface area contributed by atoms with Crippen LogP contribution in [0, 0.1) is 11.3 Å². The molecule has 108 valence electrons. The van der Waals surface area contributed by atoms with E-state index in [2.05, 4.69) is 19.8 Å². The van der Waals surface area contributed by atoms with E-state index in [4.69, 9.17) is 0 Å². The summed E-state index contributed by atoms with van der Waals surface area (Å²) < 4.78 is 0. The van der Waals surface area contributed by atoms with Crippen LogP contribution in [-0.2, 0) is 0 Å². The fraction of sp³-hybridized carbons (Fsp3) is 0.750. The van der Waals surface area contributed by atoms with Crippen LogP contribution in [-0.4, -0.2) is 47.6 Å². The second kappa shape index (κ2) is 4.99. The smallest absolute Gasteiger partial charge is 0.225 e. The molecule has 4 rings (SSSR count). The van der Waals surface area contributed by atoms with E-state index in [1.54, 1.807) is 0 Å². The Hall–Kier alpha value is -1.16. The lowest BCUT2D eigenvalue weighted by Crippen LogP contribution is -2.45. The summed E-state index contributed by atoms with van der Waals surface area (Å²) in [4.78, 5) is 14.0. The molecule has 1 saturated carbocycles. The first kappa shape index (κ1) is 12.6. The van der Waals surface area contributed by atoms with Crippen molar-refractivity contribution in [3.8, 4) is 0 Å². The van der Waals surface area contributed by atoms with E-state index in [-0.39, 0.29) is 0 Å². The van der Waals surface area contributed by atoms with Gasteiger partial charge in [-0.15, -0.1) is 0 Å². The second-order valence-corrected chi connectivity index (χ2v) is 7.00. The summed E-state index contributed by atoms with van der Waals surface area (Å²) in [7, 11) is 0. The SMILES string of the molecule is c1cnc(N2CC[C@]3(CCCN(CC4CC4)C3)C2)nc1. The van der Waals surface area contributed by atoms with Gasteiger partial charge in [-0.1, -0.05) is 0 Å². The molecule has 1 aliphatic carbocycles. The molecular weight excluding hydrogens is 248 g/mol. The molecule has 1 aromatic rings. The zero-order valence-electron chi connectivity index (χ0n) is 12.2. The molecule has 1 atom stereocenters. The van der Waals surface area contributed by atoms with E-state index in [1.165, 1.54) is 51.7 Å². The van der Waals surface area contributed by atoms with Crippen molar-refractivity contribution in [2.24, 2.45) is 11.3 Å². The lowest BCUT2D eigenvalue weighted by molar-refractivity contribution is 0.101. The zero-order valence-corrected chi connectivity index (χ0v) is 12.2. The Labute approximate surface area is 121 Å². The van der Waals surface area contributed by atoms with Gasteiger partial charge in [0.25, 0.3) is 0 Å². The number of aromatic nitrogens is 2. The zero-order chi connectivity index (χ0) is 13.4. The number of nitrogens with zero attached hydrogens (tertiary/aromatic N) is 4. The van der Waals surface area contributed by atoms with Crippen molar-refractivity contribution in [1.29, 1.82) is 0 Å². The van der Waals surface area contributed by atoms with E-state index in [0.29, 0.717) is 5.41 Å². The van der Waals surface area contributed by atoms with Crippen molar-refractivity contribution in [1.82, 2.24) is 14.9 Å². The third-order valence-electron chi connectivity index (χ3n) is 5.23. The molecule has 1 spiro atoms. The first-order valence-corrected chi connectivity index (χ1v) is 8.07. The van der Waals surface area contributed by atoms with Gasteiger partial charge in [-0.3, -0.25) is 0 Å². The van der Waals surface area contributed by atoms with Gasteiger partial charge in [0.2, 0.25) is 5.95 Å². The van der Waals surface area contributed by atoms with E-state index < -0.39 is 0 Å². The average Bonchev–Trinajstić information content (AvgIpc) is 3.20. The molecular formula is C16H24N4. The lowest BCUT2D eigenvalue weighted by Gasteiger charge is -2.40. The van der Waals surface area contributed by atoms with Crippen LogP contribution in [0.1, 0.15) is 32.1 Å². The van der Waals surface area contributed by atoms with Gasteiger partial charge in [-0.05, 0) is 50.6 Å². The van der Waals surface area contributed by atoms with Crippen LogP contribution >= 0.6 is 0 Å². The molecule has 3 fully saturated rings. The maximum absolute atomic E-state index is 4.42. The highest BCUT2D eigenvalue weighted by molar-refractivity contribution is 5.32. The summed E-state index contributed by atoms with van der Waals surface area (Å²) in [5.74, 6) is 1.93. The van der Waals surface area contributed by atoms with Gasteiger partial charge in [0.15, 0.2) is 0 Å². The van der Waals surface area contributed by atoms with Crippen LogP contribution < -0.4 is 4.90 Å². The topological polar surface area (TPSA) is 32.3 Å². The van der Waals surface area contributed by atoms with Crippen molar-refractivity contribution in [2.45, 2.75) is 32.1 Å². The molecule has 0 amide bonds. The number of hydrogen-bond acceptors (Lipinski definition) is 4. The summed E-state index contributed by atoms with van der Waals surface area (Å²) in [6, 6.07) is 1.90. The van der Waals surface area contributed by atoms with E-state index in [0.717, 1.165) is 25.0 Å². The number of hydrogen-bond donors (Lipinski definition) is 0. The third kappa shape index (κ3) is 2.53. The fourth-order valence-corrected chi connectivity index (χ4v) is 4.02. The molecule has 3 heterocycles. The minimum absolute atomic E-state index is 0.506. The van der Waals surface area contributed by atoms with Crippen molar-refractivity contribution in [3.63, 3.8) is 0 Å². The molecule has 0 aromatic carbocycles. The largest absolute Gasteiger partial charge is 0.340 e. The Kier molecular flexibility index (Phi) is 3.14. The fourth-order valence-electron chi connectivity index (χ4n) is 4.02. The van der Waals surface area contributed by atoms with Gasteiger partial charge in [-0.2, -0.15) is 0 Å². The first-order valence-electron chi connectivity index (χ1n) is 8.07. The Morgan fingerprint density at radius 1 is 1.10 bits per heavy atom. The summed E-state index contributed by atoms with van der Waals surface area (Å²) in [5, 5.41) is 0. The summed E-state index contributed by atoms with van der Waals surface area (Å²) in [5.41, 5.74) is 0.506. The summed E-state index contributed by atoms with van der Waals surface area (Å²) >= 11 is 0. The first-order chi connectivity index (χ1) is 9.83. The second-order valence-electron chi connectivity index (χ2n) is 7.00. The standard InChI is InChI=1S/C16H24N4/c1-5-16(12-19(9-1)11-14-3-4-14)6-10-20(13-16)15-17-7-2-8-18-15/h2,7-8,14H,1,3-6,9-13H2/t16-/m0/s1. The highest BCUT2D eigenvalue weighted by Crippen LogP contribution is 2.41. The van der Waals surface area contributed by atoms with E-state index >= 15 is 0 Å². The molecule has 0 unspecified atom stereocenters. The molecule has 0 radical (unpaired) electrons. The van der Waals surface area contributed by atoms with Gasteiger partial charge < -0.3 is 9.80 Å². The number of anilines is 1. The van der Waals surface area contributed by atoms with E-state index in [9.17, 15) is 0 Å². The molecule has 4 heteroatoms. The van der Waals surface area contributed by atoms with Crippen molar-refractivity contribution in [3.05, 3.63) is 18.5 Å². The molecule has 2 aliphatic heterocycles. The maximum Gasteiger partial charge on any atom is 0.225 e. The Morgan fingerprint density at radius 3 is 2.75 bits per heavy atom. The van der Waals surface area contributed by atoms with Gasteiger partial charge in [0, 0.05) is 44.0 Å². The number of piperidine rings is 1. The Bertz CT molecular complexity index is 459. The van der Waals surface area contributed by atoms with Crippen LogP contribution in [0.5, 0.6) is 0 Å². The van der Waals surface area contributed by atoms with Crippen molar-refractivity contribution in [2.75, 3.05) is 37.6 Å². The molecule has 2 saturated heterocycles. The van der Waals surface area contributed by atoms with Crippen molar-refractivity contribution < 1.29 is 0 Å². The lowest BCUT2D eigenvalue weighted by atomic mass is 9.79. The van der Waals surface area contributed by atoms with Gasteiger partial charge >= 0.3 is 0 Å². The predicted octanol–water partition coefficient (Wildman–Crippen LogP) is 2.18. The highest BCUT2D eigenvalue weighted by atomic mass is 15.3. The van der Waals surface area contributed by atoms with Crippen LogP contribution in [0.2, 0.25) is 0 Å². The van der Waals surface area contributed by atoms with E-state index in [1.807, 2.05) is 18.5 Å². The molecule has 3 aliphatic rings. The van der Waals surface area contributed by atoms with Crippen LogP contribution in [0.3, 0.4) is 0 Å². The van der Waals surface area contributed by atoms with Crippen LogP contribution in [0.4, 0.5) is 5.95 Å². The summed E-state index contributed by atoms with van der Waals surface area (Å²) in [6.45, 7) is 6.25. The summed E-state index contributed by atoms with van der Waals surface area (Å²) in [6.07, 6.45) is 10.7. The highest BCUT2D eigenvalue weighted by Gasteiger charge is 2.42. The maximum atomic E-state index is 4.42. The Morgan fingerprint density at radius 2 is 1.95 bits per heavy atom. The minimum atomic E-state index is 0.506. The molecule has 0 bridgehead atoms. The van der Waals surface area contributed by atoms with Crippen LogP contribution in [0.15, 0.2) is 18.5 Å². The van der Waals surface area contributed by atoms with Crippen LogP contribution in [0.25, 0.3) is 0 Å². The van der Waals surface area contributed by atoms with Gasteiger partial charge in [0.1, 0.15) is 0 Å². The van der Waals surface area contributed by atoms with Gasteiger partial charge in [-0.25, -0.2) is 9.97 Å². The predicted molar refractivity (Wildman–Crippen MR) is 79.7 cm³/mol. The monoisotopic (exact) mass is 272 g/mol. The molecule has 20 heavy (non-hydrogen) atoms. The molecule has 0 N–H and O–H groups in total. The number of rotatable bonds is 3.